The number of hydrogen-bond donors (Lipinski definition) is 2. The smallest absolute Gasteiger partial charge is 0.267 e. The molecular weight excluding hydrogens is 382 g/mol. The van der Waals surface area contributed by atoms with Gasteiger partial charge < -0.3 is 10.6 Å². The zero-order chi connectivity index (χ0) is 18.2. The van der Waals surface area contributed by atoms with Gasteiger partial charge in [-0.3, -0.25) is 9.59 Å². The van der Waals surface area contributed by atoms with Crippen LogP contribution in [0, 0.1) is 11.3 Å². The van der Waals surface area contributed by atoms with Crippen LogP contribution in [0.15, 0.2) is 64.8 Å². The number of Topliss-reactive ketones (excluding diaryl/α,β-unsaturated/α-hetero) is 1. The minimum absolute atomic E-state index is 0.0392. The Morgan fingerprint density at radius 2 is 1.84 bits per heavy atom. The summed E-state index contributed by atoms with van der Waals surface area (Å²) in [5.41, 5.74) is 2.05. The van der Waals surface area contributed by atoms with E-state index in [0.29, 0.717) is 17.8 Å². The lowest BCUT2D eigenvalue weighted by atomic mass is 10.1. The van der Waals surface area contributed by atoms with Crippen LogP contribution in [-0.4, -0.2) is 11.7 Å². The van der Waals surface area contributed by atoms with E-state index >= 15 is 0 Å². The van der Waals surface area contributed by atoms with E-state index in [0.717, 1.165) is 10.0 Å². The van der Waals surface area contributed by atoms with Gasteiger partial charge in [-0.15, -0.1) is 0 Å². The van der Waals surface area contributed by atoms with Gasteiger partial charge in [-0.2, -0.15) is 5.26 Å². The number of carbonyl (C=O) groups excluding carboxylic acids is 2. The molecule has 0 heterocycles. The highest BCUT2D eigenvalue weighted by molar-refractivity contribution is 9.10. The number of halogens is 1. The summed E-state index contributed by atoms with van der Waals surface area (Å²) >= 11 is 3.44. The Morgan fingerprint density at radius 1 is 1.16 bits per heavy atom. The van der Waals surface area contributed by atoms with E-state index in [4.69, 9.17) is 0 Å². The Bertz CT molecular complexity index is 852. The van der Waals surface area contributed by atoms with Gasteiger partial charge in [-0.1, -0.05) is 34.1 Å². The largest absolute Gasteiger partial charge is 0.386 e. The number of amides is 1. The highest BCUT2D eigenvalue weighted by Crippen LogP contribution is 2.15. The number of anilines is 1. The normalized spacial score (nSPS) is 10.7. The standard InChI is InChI=1S/C19H16BrN3O2/c1-13(24)14-6-8-17(9-7-14)23-19(25)16(10-21)12-22-11-15-4-2-3-5-18(15)20/h2-9,12,22H,11H2,1H3,(H,23,25)/b16-12-. The predicted molar refractivity (Wildman–Crippen MR) is 99.8 cm³/mol. The van der Waals surface area contributed by atoms with E-state index in [-0.39, 0.29) is 11.4 Å². The number of ketones is 1. The fourth-order valence-electron chi connectivity index (χ4n) is 2.04. The summed E-state index contributed by atoms with van der Waals surface area (Å²) in [6, 6.07) is 16.0. The van der Waals surface area contributed by atoms with Crippen LogP contribution in [0.1, 0.15) is 22.8 Å². The van der Waals surface area contributed by atoms with Crippen LogP contribution in [0.4, 0.5) is 5.69 Å². The molecule has 0 bridgehead atoms. The van der Waals surface area contributed by atoms with Gasteiger partial charge in [0.2, 0.25) is 0 Å². The molecule has 0 aliphatic carbocycles. The second-order valence-corrected chi connectivity index (χ2v) is 6.08. The molecule has 6 heteroatoms. The average molecular weight is 398 g/mol. The third kappa shape index (κ3) is 5.30. The average Bonchev–Trinajstić information content (AvgIpc) is 2.60. The van der Waals surface area contributed by atoms with Crippen molar-refractivity contribution in [2.24, 2.45) is 0 Å². The number of hydrogen-bond acceptors (Lipinski definition) is 4. The van der Waals surface area contributed by atoms with Gasteiger partial charge in [0.15, 0.2) is 5.78 Å². The number of carbonyl (C=O) groups is 2. The first-order valence-electron chi connectivity index (χ1n) is 7.50. The molecule has 0 aromatic heterocycles. The molecule has 2 rings (SSSR count). The number of benzene rings is 2. The third-order valence-corrected chi connectivity index (χ3v) is 4.18. The van der Waals surface area contributed by atoms with E-state index < -0.39 is 5.91 Å². The molecule has 0 saturated heterocycles. The summed E-state index contributed by atoms with van der Waals surface area (Å²) in [5, 5.41) is 14.8. The van der Waals surface area contributed by atoms with Crippen molar-refractivity contribution in [2.45, 2.75) is 13.5 Å². The van der Waals surface area contributed by atoms with E-state index in [2.05, 4.69) is 26.6 Å². The minimum atomic E-state index is -0.516. The molecule has 0 atom stereocenters. The zero-order valence-electron chi connectivity index (χ0n) is 13.5. The first-order chi connectivity index (χ1) is 12.0. The Balaban J connectivity index is 1.99. The summed E-state index contributed by atoms with van der Waals surface area (Å²) in [6.07, 6.45) is 1.39. The molecule has 0 aliphatic rings. The van der Waals surface area contributed by atoms with E-state index in [1.807, 2.05) is 30.3 Å². The van der Waals surface area contributed by atoms with Crippen LogP contribution in [0.25, 0.3) is 0 Å². The van der Waals surface area contributed by atoms with Crippen LogP contribution < -0.4 is 10.6 Å². The monoisotopic (exact) mass is 397 g/mol. The van der Waals surface area contributed by atoms with E-state index in [1.54, 1.807) is 24.3 Å². The lowest BCUT2D eigenvalue weighted by Crippen LogP contribution is -2.16. The van der Waals surface area contributed by atoms with E-state index in [9.17, 15) is 14.9 Å². The fraction of sp³-hybridized carbons (Fsp3) is 0.105. The van der Waals surface area contributed by atoms with Crippen molar-refractivity contribution >= 4 is 33.3 Å². The van der Waals surface area contributed by atoms with Crippen LogP contribution in [0.5, 0.6) is 0 Å². The van der Waals surface area contributed by atoms with Gasteiger partial charge in [-0.25, -0.2) is 0 Å². The van der Waals surface area contributed by atoms with Crippen molar-refractivity contribution in [3.8, 4) is 6.07 Å². The number of rotatable bonds is 6. The maximum atomic E-state index is 12.2. The van der Waals surface area contributed by atoms with Crippen LogP contribution in [-0.2, 0) is 11.3 Å². The molecule has 25 heavy (non-hydrogen) atoms. The second kappa shape index (κ2) is 8.81. The Morgan fingerprint density at radius 3 is 2.44 bits per heavy atom. The lowest BCUT2D eigenvalue weighted by molar-refractivity contribution is -0.112. The van der Waals surface area contributed by atoms with E-state index in [1.165, 1.54) is 13.1 Å². The third-order valence-electron chi connectivity index (χ3n) is 3.41. The van der Waals surface area contributed by atoms with Crippen molar-refractivity contribution in [2.75, 3.05) is 5.32 Å². The summed E-state index contributed by atoms with van der Waals surface area (Å²) in [7, 11) is 0. The van der Waals surface area contributed by atoms with Crippen molar-refractivity contribution in [1.29, 1.82) is 5.26 Å². The van der Waals surface area contributed by atoms with Gasteiger partial charge in [0, 0.05) is 28.5 Å². The van der Waals surface area contributed by atoms with Crippen LogP contribution >= 0.6 is 15.9 Å². The highest BCUT2D eigenvalue weighted by atomic mass is 79.9. The Labute approximate surface area is 154 Å². The number of nitrogens with one attached hydrogen (secondary N) is 2. The molecule has 1 amide bonds. The molecule has 0 aliphatic heterocycles. The molecule has 2 aromatic rings. The summed E-state index contributed by atoms with van der Waals surface area (Å²) < 4.78 is 0.949. The molecule has 5 nitrogen and oxygen atoms in total. The number of nitrogens with zero attached hydrogens (tertiary/aromatic N) is 1. The summed E-state index contributed by atoms with van der Waals surface area (Å²) in [5.74, 6) is -0.565. The Kier molecular flexibility index (Phi) is 6.49. The van der Waals surface area contributed by atoms with Crippen molar-refractivity contribution in [3.05, 3.63) is 75.9 Å². The number of nitriles is 1. The van der Waals surface area contributed by atoms with Crippen LogP contribution in [0.3, 0.4) is 0 Å². The van der Waals surface area contributed by atoms with Crippen molar-refractivity contribution in [1.82, 2.24) is 5.32 Å². The van der Waals surface area contributed by atoms with Gasteiger partial charge in [0.25, 0.3) is 5.91 Å². The highest BCUT2D eigenvalue weighted by Gasteiger charge is 2.09. The summed E-state index contributed by atoms with van der Waals surface area (Å²) in [6.45, 7) is 1.95. The van der Waals surface area contributed by atoms with Crippen molar-refractivity contribution < 1.29 is 9.59 Å². The van der Waals surface area contributed by atoms with Crippen molar-refractivity contribution in [3.63, 3.8) is 0 Å². The topological polar surface area (TPSA) is 82.0 Å². The lowest BCUT2D eigenvalue weighted by Gasteiger charge is -2.07. The quantitative estimate of drug-likeness (QED) is 0.441. The van der Waals surface area contributed by atoms with Gasteiger partial charge in [0.1, 0.15) is 11.6 Å². The molecular formula is C19H16BrN3O2. The molecule has 0 fully saturated rings. The maximum absolute atomic E-state index is 12.2. The molecule has 0 spiro atoms. The molecule has 0 saturated carbocycles. The first-order valence-corrected chi connectivity index (χ1v) is 8.30. The molecule has 2 N–H and O–H groups in total. The van der Waals surface area contributed by atoms with Gasteiger partial charge >= 0.3 is 0 Å². The van der Waals surface area contributed by atoms with Gasteiger partial charge in [0.05, 0.1) is 0 Å². The first kappa shape index (κ1) is 18.4. The predicted octanol–water partition coefficient (Wildman–Crippen LogP) is 3.79. The fourth-order valence-corrected chi connectivity index (χ4v) is 2.47. The zero-order valence-corrected chi connectivity index (χ0v) is 15.1. The van der Waals surface area contributed by atoms with Gasteiger partial charge in [-0.05, 0) is 42.8 Å². The second-order valence-electron chi connectivity index (χ2n) is 5.23. The minimum Gasteiger partial charge on any atom is -0.386 e. The summed E-state index contributed by atoms with van der Waals surface area (Å²) in [4.78, 5) is 23.4. The SMILES string of the molecule is CC(=O)c1ccc(NC(=O)/C(C#N)=C\NCc2ccccc2Br)cc1. The maximum Gasteiger partial charge on any atom is 0.267 e. The molecule has 0 radical (unpaired) electrons. The molecule has 126 valence electrons. The Hall–Kier alpha value is -2.91. The van der Waals surface area contributed by atoms with Crippen LogP contribution in [0.2, 0.25) is 0 Å². The molecule has 2 aromatic carbocycles. The molecule has 0 unspecified atom stereocenters.